The van der Waals surface area contributed by atoms with Crippen molar-refractivity contribution in [2.24, 2.45) is 0 Å². The third kappa shape index (κ3) is 2.80. The summed E-state index contributed by atoms with van der Waals surface area (Å²) in [5, 5.41) is 4.06. The molecule has 0 saturated heterocycles. The van der Waals surface area contributed by atoms with Crippen LogP contribution in [0.5, 0.6) is 11.5 Å². The van der Waals surface area contributed by atoms with Gasteiger partial charge in [0, 0.05) is 24.1 Å². The van der Waals surface area contributed by atoms with Gasteiger partial charge < -0.3 is 18.4 Å². The number of benzene rings is 2. The summed E-state index contributed by atoms with van der Waals surface area (Å²) in [5.74, 6) is 2.76. The van der Waals surface area contributed by atoms with Gasteiger partial charge in [0.05, 0.1) is 14.2 Å². The summed E-state index contributed by atoms with van der Waals surface area (Å²) in [5.41, 5.74) is 2.99. The van der Waals surface area contributed by atoms with Crippen LogP contribution in [0.2, 0.25) is 0 Å². The highest BCUT2D eigenvalue weighted by molar-refractivity contribution is 5.78. The lowest BCUT2D eigenvalue weighted by Crippen LogP contribution is -1.89. The molecule has 2 aromatic carbocycles. The maximum Gasteiger partial charge on any atom is 0.258 e. The molecule has 4 aromatic rings. The Morgan fingerprint density at radius 1 is 0.880 bits per heavy atom. The van der Waals surface area contributed by atoms with Crippen LogP contribution in [-0.4, -0.2) is 29.3 Å². The number of methoxy groups -OCH3 is 2. The fraction of sp³-hybridized carbons (Fsp3) is 0.167. The van der Waals surface area contributed by atoms with Crippen molar-refractivity contribution in [3.8, 4) is 34.3 Å². The number of ether oxygens (including phenoxy) is 2. The van der Waals surface area contributed by atoms with Crippen LogP contribution in [0.4, 0.5) is 0 Å². The van der Waals surface area contributed by atoms with Crippen molar-refractivity contribution in [2.75, 3.05) is 14.2 Å². The number of hydrogen-bond donors (Lipinski definition) is 0. The molecule has 7 heteroatoms. The van der Waals surface area contributed by atoms with Crippen molar-refractivity contribution in [1.82, 2.24) is 15.1 Å². The molecule has 7 nitrogen and oxygen atoms in total. The first-order valence-corrected chi connectivity index (χ1v) is 7.61. The number of aromatic nitrogens is 3. The second kappa shape index (κ2) is 5.94. The van der Waals surface area contributed by atoms with Gasteiger partial charge in [-0.05, 0) is 30.3 Å². The highest BCUT2D eigenvalue weighted by atomic mass is 16.5. The van der Waals surface area contributed by atoms with E-state index in [1.165, 1.54) is 0 Å². The van der Waals surface area contributed by atoms with Crippen molar-refractivity contribution >= 4 is 11.1 Å². The van der Waals surface area contributed by atoms with E-state index in [1.807, 2.05) is 37.3 Å². The molecular formula is C18H15N3O4. The molecule has 2 aromatic heterocycles. The molecule has 25 heavy (non-hydrogen) atoms. The third-order valence-electron chi connectivity index (χ3n) is 3.78. The molecule has 0 fully saturated rings. The zero-order valence-electron chi connectivity index (χ0n) is 13.9. The van der Waals surface area contributed by atoms with E-state index in [-0.39, 0.29) is 0 Å². The Morgan fingerprint density at radius 3 is 2.36 bits per heavy atom. The average molecular weight is 337 g/mol. The fourth-order valence-corrected chi connectivity index (χ4v) is 2.57. The highest BCUT2D eigenvalue weighted by Crippen LogP contribution is 2.30. The van der Waals surface area contributed by atoms with Gasteiger partial charge in [-0.3, -0.25) is 0 Å². The number of fused-ring (bicyclic) bond motifs is 1. The normalized spacial score (nSPS) is 11.0. The summed E-state index contributed by atoms with van der Waals surface area (Å²) < 4.78 is 21.4. The van der Waals surface area contributed by atoms with Crippen LogP contribution in [0.15, 0.2) is 45.3 Å². The van der Waals surface area contributed by atoms with Gasteiger partial charge >= 0.3 is 0 Å². The molecule has 0 N–H and O–H groups in total. The van der Waals surface area contributed by atoms with Gasteiger partial charge in [-0.1, -0.05) is 5.16 Å². The Kier molecular flexibility index (Phi) is 3.61. The topological polar surface area (TPSA) is 83.4 Å². The fourth-order valence-electron chi connectivity index (χ4n) is 2.57. The standard InChI is InChI=1S/C18H15N3O4/c1-10-19-15-8-11(4-5-16(15)24-10)17-20-18(25-21-17)12-6-13(22-2)9-14(7-12)23-3/h4-9H,1-3H3. The summed E-state index contributed by atoms with van der Waals surface area (Å²) >= 11 is 0. The molecule has 0 aliphatic rings. The lowest BCUT2D eigenvalue weighted by atomic mass is 10.2. The SMILES string of the molecule is COc1cc(OC)cc(-c2nc(-c3ccc4oc(C)nc4c3)no2)c1. The van der Waals surface area contributed by atoms with Gasteiger partial charge in [0.2, 0.25) is 5.82 Å². The Bertz CT molecular complexity index is 1030. The highest BCUT2D eigenvalue weighted by Gasteiger charge is 2.14. The Hall–Kier alpha value is -3.35. The van der Waals surface area contributed by atoms with Crippen molar-refractivity contribution in [3.05, 3.63) is 42.3 Å². The average Bonchev–Trinajstić information content (AvgIpc) is 3.26. The second-order valence-corrected chi connectivity index (χ2v) is 5.44. The lowest BCUT2D eigenvalue weighted by molar-refractivity contribution is 0.393. The van der Waals surface area contributed by atoms with E-state index in [1.54, 1.807) is 20.3 Å². The van der Waals surface area contributed by atoms with Gasteiger partial charge in [0.25, 0.3) is 5.89 Å². The number of hydrogen-bond acceptors (Lipinski definition) is 7. The van der Waals surface area contributed by atoms with Crippen molar-refractivity contribution < 1.29 is 18.4 Å². The second-order valence-electron chi connectivity index (χ2n) is 5.44. The summed E-state index contributed by atoms with van der Waals surface area (Å²) in [4.78, 5) is 8.79. The first-order valence-electron chi connectivity index (χ1n) is 7.61. The Balaban J connectivity index is 1.74. The molecule has 0 aliphatic heterocycles. The molecule has 2 heterocycles. The van der Waals surface area contributed by atoms with E-state index in [0.29, 0.717) is 34.7 Å². The van der Waals surface area contributed by atoms with E-state index in [4.69, 9.17) is 18.4 Å². The van der Waals surface area contributed by atoms with Gasteiger partial charge in [0.1, 0.15) is 17.0 Å². The van der Waals surface area contributed by atoms with E-state index in [2.05, 4.69) is 15.1 Å². The summed E-state index contributed by atoms with van der Waals surface area (Å²) in [7, 11) is 3.18. The minimum atomic E-state index is 0.378. The lowest BCUT2D eigenvalue weighted by Gasteiger charge is -2.05. The van der Waals surface area contributed by atoms with Crippen LogP contribution in [0.25, 0.3) is 33.9 Å². The van der Waals surface area contributed by atoms with Crippen LogP contribution in [0, 0.1) is 6.92 Å². The van der Waals surface area contributed by atoms with Crippen LogP contribution >= 0.6 is 0 Å². The molecular weight excluding hydrogens is 322 g/mol. The molecule has 0 amide bonds. The molecule has 126 valence electrons. The van der Waals surface area contributed by atoms with Crippen molar-refractivity contribution in [3.63, 3.8) is 0 Å². The Morgan fingerprint density at radius 2 is 1.64 bits per heavy atom. The van der Waals surface area contributed by atoms with Gasteiger partial charge in [0.15, 0.2) is 11.5 Å². The molecule has 0 atom stereocenters. The third-order valence-corrected chi connectivity index (χ3v) is 3.78. The Labute approximate surface area is 143 Å². The number of oxazole rings is 1. The van der Waals surface area contributed by atoms with Crippen LogP contribution in [-0.2, 0) is 0 Å². The number of rotatable bonds is 4. The van der Waals surface area contributed by atoms with E-state index < -0.39 is 0 Å². The summed E-state index contributed by atoms with van der Waals surface area (Å²) in [6.45, 7) is 1.81. The minimum Gasteiger partial charge on any atom is -0.497 e. The first kappa shape index (κ1) is 15.2. The van der Waals surface area contributed by atoms with E-state index >= 15 is 0 Å². The number of nitrogens with zero attached hydrogens (tertiary/aromatic N) is 3. The molecule has 0 spiro atoms. The zero-order valence-corrected chi connectivity index (χ0v) is 13.9. The summed E-state index contributed by atoms with van der Waals surface area (Å²) in [6.07, 6.45) is 0. The monoisotopic (exact) mass is 337 g/mol. The van der Waals surface area contributed by atoms with Crippen molar-refractivity contribution in [1.29, 1.82) is 0 Å². The minimum absolute atomic E-state index is 0.378. The predicted octanol–water partition coefficient (Wildman–Crippen LogP) is 3.87. The van der Waals surface area contributed by atoms with Crippen LogP contribution in [0.1, 0.15) is 5.89 Å². The molecule has 4 rings (SSSR count). The molecule has 0 unspecified atom stereocenters. The smallest absolute Gasteiger partial charge is 0.258 e. The van der Waals surface area contributed by atoms with Crippen LogP contribution < -0.4 is 9.47 Å². The van der Waals surface area contributed by atoms with Crippen LogP contribution in [0.3, 0.4) is 0 Å². The zero-order chi connectivity index (χ0) is 17.4. The van der Waals surface area contributed by atoms with Gasteiger partial charge in [-0.2, -0.15) is 4.98 Å². The maximum atomic E-state index is 5.48. The molecule has 0 bridgehead atoms. The largest absolute Gasteiger partial charge is 0.497 e. The molecule has 0 radical (unpaired) electrons. The van der Waals surface area contributed by atoms with Gasteiger partial charge in [-0.15, -0.1) is 0 Å². The van der Waals surface area contributed by atoms with Gasteiger partial charge in [-0.25, -0.2) is 4.98 Å². The molecule has 0 aliphatic carbocycles. The summed E-state index contributed by atoms with van der Waals surface area (Å²) in [6, 6.07) is 11.0. The predicted molar refractivity (Wildman–Crippen MR) is 90.6 cm³/mol. The number of aryl methyl sites for hydroxylation is 1. The van der Waals surface area contributed by atoms with Crippen molar-refractivity contribution in [2.45, 2.75) is 6.92 Å². The van der Waals surface area contributed by atoms with E-state index in [0.717, 1.165) is 16.7 Å². The van der Waals surface area contributed by atoms with E-state index in [9.17, 15) is 0 Å². The maximum absolute atomic E-state index is 5.48. The first-order chi connectivity index (χ1) is 12.2. The quantitative estimate of drug-likeness (QED) is 0.559. The molecule has 0 saturated carbocycles.